The van der Waals surface area contributed by atoms with E-state index in [4.69, 9.17) is 4.74 Å². The Balaban J connectivity index is 3.60. The average molecular weight is 232 g/mol. The highest BCUT2D eigenvalue weighted by molar-refractivity contribution is 5.77. The molecule has 0 saturated heterocycles. The van der Waals surface area contributed by atoms with Crippen molar-refractivity contribution in [1.82, 2.24) is 10.2 Å². The zero-order valence-corrected chi connectivity index (χ0v) is 10.5. The van der Waals surface area contributed by atoms with E-state index in [9.17, 15) is 9.90 Å². The molecule has 0 aliphatic heterocycles. The molecular weight excluding hydrogens is 208 g/mol. The van der Waals surface area contributed by atoms with E-state index in [2.05, 4.69) is 12.2 Å². The molecule has 1 atom stereocenters. The van der Waals surface area contributed by atoms with Crippen molar-refractivity contribution in [3.05, 3.63) is 0 Å². The number of hydrogen-bond acceptors (Lipinski definition) is 4. The Morgan fingerprint density at radius 3 is 2.81 bits per heavy atom. The molecule has 0 aliphatic carbocycles. The molecule has 0 spiro atoms. The quantitative estimate of drug-likeness (QED) is 0.542. The lowest BCUT2D eigenvalue weighted by atomic mass is 10.3. The summed E-state index contributed by atoms with van der Waals surface area (Å²) in [7, 11) is 3.35. The van der Waals surface area contributed by atoms with Crippen molar-refractivity contribution in [2.45, 2.75) is 25.9 Å². The van der Waals surface area contributed by atoms with Gasteiger partial charge in [0.15, 0.2) is 0 Å². The molecular formula is C11H24N2O3. The van der Waals surface area contributed by atoms with Crippen molar-refractivity contribution in [1.29, 1.82) is 0 Å². The molecule has 0 aliphatic rings. The fraction of sp³-hybridized carbons (Fsp3) is 0.909. The number of nitrogens with zero attached hydrogens (tertiary/aromatic N) is 1. The number of unbranched alkanes of at least 4 members (excludes halogenated alkanes) is 1. The number of ether oxygens (including phenoxy) is 1. The minimum absolute atomic E-state index is 0.000525. The summed E-state index contributed by atoms with van der Waals surface area (Å²) >= 11 is 0. The summed E-state index contributed by atoms with van der Waals surface area (Å²) in [4.78, 5) is 13.2. The summed E-state index contributed by atoms with van der Waals surface area (Å²) in [6.07, 6.45) is 1.53. The second-order valence-electron chi connectivity index (χ2n) is 4.01. The second kappa shape index (κ2) is 9.57. The summed E-state index contributed by atoms with van der Waals surface area (Å²) in [6.45, 7) is 3.85. The molecule has 96 valence electrons. The average Bonchev–Trinajstić information content (AvgIpc) is 2.17. The van der Waals surface area contributed by atoms with E-state index in [0.29, 0.717) is 19.7 Å². The largest absolute Gasteiger partial charge is 0.389 e. The summed E-state index contributed by atoms with van der Waals surface area (Å²) in [5.41, 5.74) is 0. The Morgan fingerprint density at radius 2 is 2.25 bits per heavy atom. The molecule has 0 aromatic heterocycles. The smallest absolute Gasteiger partial charge is 0.234 e. The Labute approximate surface area is 97.8 Å². The van der Waals surface area contributed by atoms with Gasteiger partial charge >= 0.3 is 0 Å². The van der Waals surface area contributed by atoms with E-state index in [0.717, 1.165) is 19.4 Å². The van der Waals surface area contributed by atoms with Crippen LogP contribution < -0.4 is 5.32 Å². The minimum Gasteiger partial charge on any atom is -0.389 e. The summed E-state index contributed by atoms with van der Waals surface area (Å²) in [5, 5.41) is 12.3. The van der Waals surface area contributed by atoms with E-state index in [-0.39, 0.29) is 5.91 Å². The fourth-order valence-electron chi connectivity index (χ4n) is 1.38. The van der Waals surface area contributed by atoms with Crippen molar-refractivity contribution in [2.75, 3.05) is 40.4 Å². The molecule has 5 heteroatoms. The predicted octanol–water partition coefficient (Wildman–Crippen LogP) is -0.158. The van der Waals surface area contributed by atoms with Gasteiger partial charge in [-0.25, -0.2) is 0 Å². The number of amides is 1. The Kier molecular flexibility index (Phi) is 9.18. The van der Waals surface area contributed by atoms with Crippen LogP contribution in [0.15, 0.2) is 0 Å². The molecule has 0 bridgehead atoms. The van der Waals surface area contributed by atoms with Crippen molar-refractivity contribution in [2.24, 2.45) is 0 Å². The molecule has 0 rings (SSSR count). The first-order chi connectivity index (χ1) is 7.60. The fourth-order valence-corrected chi connectivity index (χ4v) is 1.38. The normalized spacial score (nSPS) is 12.8. The summed E-state index contributed by atoms with van der Waals surface area (Å²) in [5.74, 6) is 0.000525. The van der Waals surface area contributed by atoms with Crippen LogP contribution in [0.1, 0.15) is 19.8 Å². The van der Waals surface area contributed by atoms with Gasteiger partial charge in [0.2, 0.25) is 5.91 Å². The number of aliphatic hydroxyl groups is 1. The van der Waals surface area contributed by atoms with Gasteiger partial charge in [0, 0.05) is 20.2 Å². The standard InChI is InChI=1S/C11H24N2O3/c1-4-5-6-12-11(15)8-13(2)7-10(14)9-16-3/h10,14H,4-9H2,1-3H3,(H,12,15). The maximum Gasteiger partial charge on any atom is 0.234 e. The molecule has 0 aromatic carbocycles. The zero-order valence-electron chi connectivity index (χ0n) is 10.5. The van der Waals surface area contributed by atoms with Crippen molar-refractivity contribution < 1.29 is 14.6 Å². The van der Waals surface area contributed by atoms with Gasteiger partial charge in [-0.2, -0.15) is 0 Å². The molecule has 1 unspecified atom stereocenters. The molecule has 2 N–H and O–H groups in total. The van der Waals surface area contributed by atoms with Gasteiger partial charge in [-0.1, -0.05) is 13.3 Å². The minimum atomic E-state index is -0.543. The number of nitrogens with one attached hydrogen (secondary N) is 1. The van der Waals surface area contributed by atoms with E-state index < -0.39 is 6.10 Å². The van der Waals surface area contributed by atoms with Gasteiger partial charge in [-0.3, -0.25) is 9.69 Å². The maximum atomic E-state index is 11.4. The van der Waals surface area contributed by atoms with Gasteiger partial charge in [0.25, 0.3) is 0 Å². The van der Waals surface area contributed by atoms with Crippen LogP contribution in [0.4, 0.5) is 0 Å². The lowest BCUT2D eigenvalue weighted by Gasteiger charge is -2.19. The summed E-state index contributed by atoms with van der Waals surface area (Å²) < 4.78 is 4.81. The number of likely N-dealkylation sites (N-methyl/N-ethyl adjacent to an activating group) is 1. The van der Waals surface area contributed by atoms with Crippen molar-refractivity contribution >= 4 is 5.91 Å². The molecule has 5 nitrogen and oxygen atoms in total. The number of carbonyl (C=O) groups is 1. The number of carbonyl (C=O) groups excluding carboxylic acids is 1. The molecule has 0 aromatic rings. The van der Waals surface area contributed by atoms with Gasteiger partial charge in [-0.15, -0.1) is 0 Å². The Bertz CT molecular complexity index is 188. The van der Waals surface area contributed by atoms with Crippen LogP contribution in [0.2, 0.25) is 0 Å². The lowest BCUT2D eigenvalue weighted by molar-refractivity contribution is -0.122. The number of rotatable bonds is 9. The van der Waals surface area contributed by atoms with E-state index >= 15 is 0 Å². The highest BCUT2D eigenvalue weighted by Gasteiger charge is 2.10. The Morgan fingerprint density at radius 1 is 1.56 bits per heavy atom. The van der Waals surface area contributed by atoms with Crippen LogP contribution in [0.3, 0.4) is 0 Å². The molecule has 0 heterocycles. The van der Waals surface area contributed by atoms with Crippen LogP contribution in [-0.2, 0) is 9.53 Å². The van der Waals surface area contributed by atoms with E-state index in [1.807, 2.05) is 0 Å². The van der Waals surface area contributed by atoms with Gasteiger partial charge in [-0.05, 0) is 13.5 Å². The van der Waals surface area contributed by atoms with Crippen LogP contribution in [0, 0.1) is 0 Å². The molecule has 0 fully saturated rings. The molecule has 1 amide bonds. The molecule has 16 heavy (non-hydrogen) atoms. The summed E-state index contributed by atoms with van der Waals surface area (Å²) in [6, 6.07) is 0. The van der Waals surface area contributed by atoms with Gasteiger partial charge in [0.05, 0.1) is 19.3 Å². The highest BCUT2D eigenvalue weighted by atomic mass is 16.5. The zero-order chi connectivity index (χ0) is 12.4. The lowest BCUT2D eigenvalue weighted by Crippen LogP contribution is -2.39. The van der Waals surface area contributed by atoms with Crippen LogP contribution in [0.5, 0.6) is 0 Å². The number of methoxy groups -OCH3 is 1. The first-order valence-corrected chi connectivity index (χ1v) is 5.72. The Hall–Kier alpha value is -0.650. The monoisotopic (exact) mass is 232 g/mol. The van der Waals surface area contributed by atoms with E-state index in [1.54, 1.807) is 19.1 Å². The van der Waals surface area contributed by atoms with Crippen molar-refractivity contribution in [3.8, 4) is 0 Å². The first-order valence-electron chi connectivity index (χ1n) is 5.72. The SMILES string of the molecule is CCCCNC(=O)CN(C)CC(O)COC. The maximum absolute atomic E-state index is 11.4. The number of hydrogen-bond donors (Lipinski definition) is 2. The van der Waals surface area contributed by atoms with Gasteiger partial charge in [0.1, 0.15) is 0 Å². The van der Waals surface area contributed by atoms with E-state index in [1.165, 1.54) is 0 Å². The third kappa shape index (κ3) is 8.64. The third-order valence-electron chi connectivity index (χ3n) is 2.15. The topological polar surface area (TPSA) is 61.8 Å². The van der Waals surface area contributed by atoms with Crippen LogP contribution in [-0.4, -0.2) is 62.4 Å². The second-order valence-corrected chi connectivity index (χ2v) is 4.01. The van der Waals surface area contributed by atoms with Crippen molar-refractivity contribution in [3.63, 3.8) is 0 Å². The highest BCUT2D eigenvalue weighted by Crippen LogP contribution is 1.90. The predicted molar refractivity (Wildman–Crippen MR) is 63.3 cm³/mol. The molecule has 0 saturated carbocycles. The number of aliphatic hydroxyl groups excluding tert-OH is 1. The molecule has 0 radical (unpaired) electrons. The first kappa shape index (κ1) is 15.3. The van der Waals surface area contributed by atoms with Gasteiger partial charge < -0.3 is 15.2 Å². The van der Waals surface area contributed by atoms with Crippen LogP contribution in [0.25, 0.3) is 0 Å². The third-order valence-corrected chi connectivity index (χ3v) is 2.15. The van der Waals surface area contributed by atoms with Crippen LogP contribution >= 0.6 is 0 Å².